The fourth-order valence-electron chi connectivity index (χ4n) is 4.87. The predicted molar refractivity (Wildman–Crippen MR) is 137 cm³/mol. The Kier molecular flexibility index (Phi) is 7.28. The lowest BCUT2D eigenvalue weighted by molar-refractivity contribution is -0.135. The highest BCUT2D eigenvalue weighted by atomic mass is 16.5. The summed E-state index contributed by atoms with van der Waals surface area (Å²) in [5.74, 6) is 0.908. The molecule has 1 saturated heterocycles. The van der Waals surface area contributed by atoms with Gasteiger partial charge in [0.25, 0.3) is 0 Å². The first-order valence-corrected chi connectivity index (χ1v) is 12.4. The van der Waals surface area contributed by atoms with Crippen LogP contribution in [0.4, 0.5) is 0 Å². The average molecular weight is 503 g/mol. The largest absolute Gasteiger partial charge is 0.504 e. The third-order valence-electron chi connectivity index (χ3n) is 6.86. The fraction of sp³-hybridized carbons (Fsp3) is 0.310. The number of hydrogen-bond acceptors (Lipinski definition) is 6. The summed E-state index contributed by atoms with van der Waals surface area (Å²) in [7, 11) is 1.56. The second-order valence-electron chi connectivity index (χ2n) is 9.37. The number of amides is 2. The van der Waals surface area contributed by atoms with Crippen molar-refractivity contribution < 1.29 is 28.9 Å². The second-order valence-corrected chi connectivity index (χ2v) is 9.37. The number of nitrogens with zero attached hydrogens (tertiary/aromatic N) is 1. The van der Waals surface area contributed by atoms with Gasteiger partial charge >= 0.3 is 0 Å². The van der Waals surface area contributed by atoms with E-state index < -0.39 is 0 Å². The van der Waals surface area contributed by atoms with Gasteiger partial charge in [-0.3, -0.25) is 9.59 Å². The topological polar surface area (TPSA) is 97.3 Å². The van der Waals surface area contributed by atoms with Gasteiger partial charge in [0, 0.05) is 25.4 Å². The van der Waals surface area contributed by atoms with Gasteiger partial charge < -0.3 is 29.5 Å². The van der Waals surface area contributed by atoms with Gasteiger partial charge in [0.2, 0.25) is 11.8 Å². The minimum absolute atomic E-state index is 0.00143. The molecule has 5 rings (SSSR count). The number of aryl methyl sites for hydroxylation is 1. The van der Waals surface area contributed by atoms with E-state index in [1.807, 2.05) is 42.5 Å². The van der Waals surface area contributed by atoms with Gasteiger partial charge in [-0.25, -0.2) is 0 Å². The van der Waals surface area contributed by atoms with E-state index in [1.54, 1.807) is 36.3 Å². The maximum atomic E-state index is 13.0. The third-order valence-corrected chi connectivity index (χ3v) is 6.86. The minimum Gasteiger partial charge on any atom is -0.504 e. The van der Waals surface area contributed by atoms with E-state index in [4.69, 9.17) is 14.2 Å². The zero-order valence-corrected chi connectivity index (χ0v) is 20.7. The number of rotatable bonds is 5. The molecule has 0 radical (unpaired) electrons. The number of phenolic OH excluding ortho intramolecular Hbond substituents is 1. The Labute approximate surface area is 215 Å². The van der Waals surface area contributed by atoms with Crippen molar-refractivity contribution >= 4 is 11.8 Å². The number of fused-ring (bicyclic) bond motifs is 6. The quantitative estimate of drug-likeness (QED) is 0.551. The molecule has 192 valence electrons. The number of hydrogen-bond donors (Lipinski definition) is 2. The number of carbonyl (C=O) groups is 2. The molecule has 4 bridgehead atoms. The highest BCUT2D eigenvalue weighted by Gasteiger charge is 2.37. The SMILES string of the molecule is COc1ccc2cc1Oc1cc(ccc1O)CCC(=O)N[C@@H]1CN(C(=O)COCc3ccccc3)C[C@@H]21. The molecular weight excluding hydrogens is 472 g/mol. The van der Waals surface area contributed by atoms with Crippen LogP contribution in [0, 0.1) is 0 Å². The van der Waals surface area contributed by atoms with E-state index in [1.165, 1.54) is 0 Å². The molecule has 0 spiro atoms. The molecule has 8 heteroatoms. The summed E-state index contributed by atoms with van der Waals surface area (Å²) in [6.07, 6.45) is 0.771. The first-order valence-electron chi connectivity index (χ1n) is 12.4. The Bertz CT molecular complexity index is 1280. The molecule has 0 aliphatic carbocycles. The summed E-state index contributed by atoms with van der Waals surface area (Å²) in [4.78, 5) is 27.6. The number of benzene rings is 3. The molecule has 2 aliphatic rings. The summed E-state index contributed by atoms with van der Waals surface area (Å²) < 4.78 is 17.3. The number of phenols is 1. The van der Waals surface area contributed by atoms with E-state index in [2.05, 4.69) is 5.32 Å². The molecule has 2 heterocycles. The van der Waals surface area contributed by atoms with E-state index in [0.29, 0.717) is 43.4 Å². The molecule has 3 aromatic carbocycles. The lowest BCUT2D eigenvalue weighted by Crippen LogP contribution is -2.41. The Morgan fingerprint density at radius 2 is 1.89 bits per heavy atom. The highest BCUT2D eigenvalue weighted by Crippen LogP contribution is 2.40. The Morgan fingerprint density at radius 1 is 1.05 bits per heavy atom. The minimum atomic E-state index is -0.260. The summed E-state index contributed by atoms with van der Waals surface area (Å²) >= 11 is 0. The summed E-state index contributed by atoms with van der Waals surface area (Å²) in [5, 5.41) is 13.5. The fourth-order valence-corrected chi connectivity index (χ4v) is 4.87. The van der Waals surface area contributed by atoms with Gasteiger partial charge in [0.1, 0.15) is 6.61 Å². The second kappa shape index (κ2) is 10.9. The van der Waals surface area contributed by atoms with Crippen LogP contribution in [0.3, 0.4) is 0 Å². The van der Waals surface area contributed by atoms with Crippen molar-refractivity contribution in [2.24, 2.45) is 0 Å². The van der Waals surface area contributed by atoms with Crippen molar-refractivity contribution in [3.63, 3.8) is 0 Å². The number of aromatic hydroxyl groups is 1. The standard InChI is InChI=1S/C29H30N2O6/c1-35-25-11-9-21-14-27(25)37-26-13-19(7-10-24(26)32)8-12-28(33)30-23-16-31(15-22(21)23)29(34)18-36-17-20-5-3-2-4-6-20/h2-7,9-11,13-14,22-23,32H,8,12,15-18H2,1H3,(H,30,33)/t22-,23+/m0/s1. The summed E-state index contributed by atoms with van der Waals surface area (Å²) in [5.41, 5.74) is 2.77. The maximum Gasteiger partial charge on any atom is 0.248 e. The van der Waals surface area contributed by atoms with Crippen LogP contribution < -0.4 is 14.8 Å². The van der Waals surface area contributed by atoms with Crippen molar-refractivity contribution in [2.75, 3.05) is 26.8 Å². The zero-order chi connectivity index (χ0) is 25.8. The molecule has 2 aliphatic heterocycles. The van der Waals surface area contributed by atoms with Gasteiger partial charge in [-0.2, -0.15) is 0 Å². The van der Waals surface area contributed by atoms with E-state index in [9.17, 15) is 14.7 Å². The first-order chi connectivity index (χ1) is 18.0. The van der Waals surface area contributed by atoms with Crippen LogP contribution in [0.1, 0.15) is 29.0 Å². The molecule has 0 unspecified atom stereocenters. The number of nitrogens with one attached hydrogen (secondary N) is 1. The average Bonchev–Trinajstić information content (AvgIpc) is 3.33. The Balaban J connectivity index is 1.38. The van der Waals surface area contributed by atoms with Crippen LogP contribution in [0.25, 0.3) is 0 Å². The van der Waals surface area contributed by atoms with Crippen molar-refractivity contribution in [1.29, 1.82) is 0 Å². The Hall–Kier alpha value is -4.04. The van der Waals surface area contributed by atoms with Crippen molar-refractivity contribution in [3.05, 3.63) is 83.4 Å². The van der Waals surface area contributed by atoms with Crippen molar-refractivity contribution in [1.82, 2.24) is 10.2 Å². The number of methoxy groups -OCH3 is 1. The molecule has 2 atom stereocenters. The molecule has 2 amide bonds. The van der Waals surface area contributed by atoms with Crippen LogP contribution in [0.15, 0.2) is 66.7 Å². The smallest absolute Gasteiger partial charge is 0.248 e. The van der Waals surface area contributed by atoms with Crippen LogP contribution in [-0.4, -0.2) is 54.7 Å². The summed E-state index contributed by atoms with van der Waals surface area (Å²) in [6.45, 7) is 1.15. The molecule has 37 heavy (non-hydrogen) atoms. The zero-order valence-electron chi connectivity index (χ0n) is 20.7. The van der Waals surface area contributed by atoms with E-state index >= 15 is 0 Å². The number of ether oxygens (including phenoxy) is 3. The molecule has 1 fully saturated rings. The van der Waals surface area contributed by atoms with Gasteiger partial charge in [0.15, 0.2) is 23.0 Å². The van der Waals surface area contributed by atoms with E-state index in [0.717, 1.165) is 16.7 Å². The van der Waals surface area contributed by atoms with Gasteiger partial charge in [-0.1, -0.05) is 42.5 Å². The molecular formula is C29H30N2O6. The molecule has 3 aromatic rings. The van der Waals surface area contributed by atoms with Gasteiger partial charge in [-0.05, 0) is 47.4 Å². The molecule has 0 aromatic heterocycles. The maximum absolute atomic E-state index is 13.0. The van der Waals surface area contributed by atoms with Crippen molar-refractivity contribution in [3.8, 4) is 23.0 Å². The van der Waals surface area contributed by atoms with Crippen LogP contribution in [0.2, 0.25) is 0 Å². The van der Waals surface area contributed by atoms with Gasteiger partial charge in [-0.15, -0.1) is 0 Å². The van der Waals surface area contributed by atoms with E-state index in [-0.39, 0.29) is 42.6 Å². The molecule has 0 saturated carbocycles. The first kappa shape index (κ1) is 24.6. The number of carbonyl (C=O) groups excluding carboxylic acids is 2. The van der Waals surface area contributed by atoms with Gasteiger partial charge in [0.05, 0.1) is 19.8 Å². The lowest BCUT2D eigenvalue weighted by atomic mass is 9.93. The monoisotopic (exact) mass is 502 g/mol. The summed E-state index contributed by atoms with van der Waals surface area (Å²) in [6, 6.07) is 20.1. The van der Waals surface area contributed by atoms with Crippen LogP contribution in [0.5, 0.6) is 23.0 Å². The molecule has 2 N–H and O–H groups in total. The highest BCUT2D eigenvalue weighted by molar-refractivity contribution is 5.79. The third kappa shape index (κ3) is 5.70. The Morgan fingerprint density at radius 3 is 2.70 bits per heavy atom. The lowest BCUT2D eigenvalue weighted by Gasteiger charge is -2.21. The van der Waals surface area contributed by atoms with Crippen molar-refractivity contribution in [2.45, 2.75) is 31.4 Å². The number of likely N-dealkylation sites (tertiary alicyclic amines) is 1. The predicted octanol–water partition coefficient (Wildman–Crippen LogP) is 3.77. The molecule has 8 nitrogen and oxygen atoms in total. The van der Waals surface area contributed by atoms with Crippen LogP contribution >= 0.6 is 0 Å². The van der Waals surface area contributed by atoms with Crippen LogP contribution in [-0.2, 0) is 27.4 Å². The normalized spacial score (nSPS) is 18.9.